The van der Waals surface area contributed by atoms with Crippen molar-refractivity contribution in [2.24, 2.45) is 18.9 Å². The topological polar surface area (TPSA) is 29.9 Å². The highest BCUT2D eigenvalue weighted by Gasteiger charge is 2.28. The van der Waals surface area contributed by atoms with E-state index in [0.29, 0.717) is 6.04 Å². The van der Waals surface area contributed by atoms with Crippen LogP contribution in [0.4, 0.5) is 0 Å². The Hall–Kier alpha value is -0.830. The molecule has 1 aliphatic carbocycles. The van der Waals surface area contributed by atoms with Crippen molar-refractivity contribution in [3.8, 4) is 0 Å². The van der Waals surface area contributed by atoms with E-state index in [9.17, 15) is 0 Å². The Morgan fingerprint density at radius 1 is 1.53 bits per heavy atom. The third kappa shape index (κ3) is 3.32. The predicted molar refractivity (Wildman–Crippen MR) is 70.9 cm³/mol. The van der Waals surface area contributed by atoms with Gasteiger partial charge in [-0.15, -0.1) is 0 Å². The van der Waals surface area contributed by atoms with E-state index in [1.54, 1.807) is 0 Å². The first-order valence-electron chi connectivity index (χ1n) is 6.90. The summed E-state index contributed by atoms with van der Waals surface area (Å²) in [6.07, 6.45) is 9.45. The molecular formula is C14H25N3. The molecule has 0 amide bonds. The zero-order valence-corrected chi connectivity index (χ0v) is 11.3. The lowest BCUT2D eigenvalue weighted by Crippen LogP contribution is -2.37. The van der Waals surface area contributed by atoms with Crippen LogP contribution in [-0.2, 0) is 13.5 Å². The first-order valence-corrected chi connectivity index (χ1v) is 6.90. The van der Waals surface area contributed by atoms with E-state index >= 15 is 0 Å². The van der Waals surface area contributed by atoms with Gasteiger partial charge in [0.1, 0.15) is 0 Å². The minimum Gasteiger partial charge on any atom is -0.314 e. The Balaban J connectivity index is 1.97. The van der Waals surface area contributed by atoms with Gasteiger partial charge in [0, 0.05) is 19.3 Å². The van der Waals surface area contributed by atoms with Crippen LogP contribution >= 0.6 is 0 Å². The molecule has 3 heteroatoms. The minimum atomic E-state index is 0.633. The monoisotopic (exact) mass is 235 g/mol. The quantitative estimate of drug-likeness (QED) is 0.849. The number of rotatable bonds is 5. The molecule has 0 aromatic carbocycles. The molecule has 1 heterocycles. The largest absolute Gasteiger partial charge is 0.314 e. The summed E-state index contributed by atoms with van der Waals surface area (Å²) in [5, 5.41) is 7.93. The van der Waals surface area contributed by atoms with Gasteiger partial charge in [0.05, 0.1) is 6.20 Å². The Morgan fingerprint density at radius 2 is 2.35 bits per heavy atom. The first-order chi connectivity index (χ1) is 8.19. The number of hydrogen-bond donors (Lipinski definition) is 1. The Morgan fingerprint density at radius 3 is 2.88 bits per heavy atom. The van der Waals surface area contributed by atoms with Gasteiger partial charge in [-0.2, -0.15) is 5.10 Å². The SMILES string of the molecule is CCNC(Cc1cnn(C)c1)C1CCC(C)C1. The maximum absolute atomic E-state index is 4.26. The molecule has 1 aromatic rings. The van der Waals surface area contributed by atoms with E-state index in [2.05, 4.69) is 30.5 Å². The normalized spacial score (nSPS) is 26.3. The highest BCUT2D eigenvalue weighted by atomic mass is 15.2. The highest BCUT2D eigenvalue weighted by Crippen LogP contribution is 2.33. The average molecular weight is 235 g/mol. The van der Waals surface area contributed by atoms with Gasteiger partial charge in [-0.25, -0.2) is 0 Å². The molecule has 1 aliphatic rings. The van der Waals surface area contributed by atoms with Crippen LogP contribution in [0.2, 0.25) is 0 Å². The van der Waals surface area contributed by atoms with Gasteiger partial charge in [-0.3, -0.25) is 4.68 Å². The number of hydrogen-bond acceptors (Lipinski definition) is 2. The average Bonchev–Trinajstić information content (AvgIpc) is 2.87. The Labute approximate surface area is 105 Å². The van der Waals surface area contributed by atoms with Crippen molar-refractivity contribution in [3.05, 3.63) is 18.0 Å². The summed E-state index contributed by atoms with van der Waals surface area (Å²) in [5.74, 6) is 1.76. The van der Waals surface area contributed by atoms with Crippen molar-refractivity contribution in [1.82, 2.24) is 15.1 Å². The Kier molecular flexibility index (Phi) is 4.21. The maximum Gasteiger partial charge on any atom is 0.0522 e. The molecule has 0 spiro atoms. The zero-order chi connectivity index (χ0) is 12.3. The lowest BCUT2D eigenvalue weighted by Gasteiger charge is -2.24. The van der Waals surface area contributed by atoms with Crippen LogP contribution < -0.4 is 5.32 Å². The fraction of sp³-hybridized carbons (Fsp3) is 0.786. The second kappa shape index (κ2) is 5.67. The van der Waals surface area contributed by atoms with Crippen molar-refractivity contribution in [2.45, 2.75) is 45.6 Å². The van der Waals surface area contributed by atoms with Gasteiger partial charge in [-0.05, 0) is 43.2 Å². The summed E-state index contributed by atoms with van der Waals surface area (Å²) in [4.78, 5) is 0. The molecule has 2 rings (SSSR count). The smallest absolute Gasteiger partial charge is 0.0522 e. The molecule has 1 saturated carbocycles. The Bertz CT molecular complexity index is 345. The molecule has 3 unspecified atom stereocenters. The summed E-state index contributed by atoms with van der Waals surface area (Å²) in [5.41, 5.74) is 1.36. The number of aromatic nitrogens is 2. The molecule has 1 fully saturated rings. The van der Waals surface area contributed by atoms with Crippen LogP contribution in [0.3, 0.4) is 0 Å². The summed E-state index contributed by atoms with van der Waals surface area (Å²) in [7, 11) is 1.99. The number of aryl methyl sites for hydroxylation is 1. The molecule has 96 valence electrons. The van der Waals surface area contributed by atoms with Crippen LogP contribution in [0.1, 0.15) is 38.7 Å². The van der Waals surface area contributed by atoms with Crippen LogP contribution in [0, 0.1) is 11.8 Å². The highest BCUT2D eigenvalue weighted by molar-refractivity contribution is 5.07. The third-order valence-electron chi connectivity index (χ3n) is 3.98. The maximum atomic E-state index is 4.26. The van der Waals surface area contributed by atoms with E-state index in [0.717, 1.165) is 24.8 Å². The van der Waals surface area contributed by atoms with Gasteiger partial charge < -0.3 is 5.32 Å². The molecule has 0 radical (unpaired) electrons. The van der Waals surface area contributed by atoms with Gasteiger partial charge in [0.25, 0.3) is 0 Å². The summed E-state index contributed by atoms with van der Waals surface area (Å²) >= 11 is 0. The van der Waals surface area contributed by atoms with Crippen molar-refractivity contribution >= 4 is 0 Å². The second-order valence-corrected chi connectivity index (χ2v) is 5.57. The van der Waals surface area contributed by atoms with Gasteiger partial charge in [0.15, 0.2) is 0 Å². The minimum absolute atomic E-state index is 0.633. The molecule has 0 saturated heterocycles. The molecule has 0 bridgehead atoms. The summed E-state index contributed by atoms with van der Waals surface area (Å²) < 4.78 is 1.90. The van der Waals surface area contributed by atoms with Crippen molar-refractivity contribution in [3.63, 3.8) is 0 Å². The number of nitrogens with zero attached hydrogens (tertiary/aromatic N) is 2. The first kappa shape index (κ1) is 12.6. The third-order valence-corrected chi connectivity index (χ3v) is 3.98. The molecule has 0 aliphatic heterocycles. The van der Waals surface area contributed by atoms with E-state index in [1.807, 2.05) is 17.9 Å². The van der Waals surface area contributed by atoms with Gasteiger partial charge in [0.2, 0.25) is 0 Å². The van der Waals surface area contributed by atoms with E-state index in [4.69, 9.17) is 0 Å². The van der Waals surface area contributed by atoms with Crippen LogP contribution in [0.15, 0.2) is 12.4 Å². The molecule has 3 atom stereocenters. The molecule has 1 aromatic heterocycles. The molecular weight excluding hydrogens is 210 g/mol. The summed E-state index contributed by atoms with van der Waals surface area (Å²) in [6.45, 7) is 5.65. The standard InChI is InChI=1S/C14H25N3/c1-4-15-14(13-6-5-11(2)7-13)8-12-9-16-17(3)10-12/h9-11,13-15H,4-8H2,1-3H3. The molecule has 1 N–H and O–H groups in total. The lowest BCUT2D eigenvalue weighted by atomic mass is 9.92. The lowest BCUT2D eigenvalue weighted by molar-refractivity contribution is 0.354. The number of nitrogens with one attached hydrogen (secondary N) is 1. The number of likely N-dealkylation sites (N-methyl/N-ethyl adjacent to an activating group) is 1. The van der Waals surface area contributed by atoms with Crippen LogP contribution in [0.5, 0.6) is 0 Å². The van der Waals surface area contributed by atoms with Crippen molar-refractivity contribution < 1.29 is 0 Å². The fourth-order valence-electron chi connectivity index (χ4n) is 3.12. The zero-order valence-electron chi connectivity index (χ0n) is 11.3. The van der Waals surface area contributed by atoms with Gasteiger partial charge >= 0.3 is 0 Å². The summed E-state index contributed by atoms with van der Waals surface area (Å²) in [6, 6.07) is 0.633. The van der Waals surface area contributed by atoms with E-state index in [-0.39, 0.29) is 0 Å². The predicted octanol–water partition coefficient (Wildman–Crippen LogP) is 2.38. The van der Waals surface area contributed by atoms with E-state index in [1.165, 1.54) is 24.8 Å². The van der Waals surface area contributed by atoms with Crippen LogP contribution in [0.25, 0.3) is 0 Å². The van der Waals surface area contributed by atoms with E-state index < -0.39 is 0 Å². The second-order valence-electron chi connectivity index (χ2n) is 5.57. The molecule has 3 nitrogen and oxygen atoms in total. The molecule has 17 heavy (non-hydrogen) atoms. The van der Waals surface area contributed by atoms with Gasteiger partial charge in [-0.1, -0.05) is 20.3 Å². The van der Waals surface area contributed by atoms with Crippen LogP contribution in [-0.4, -0.2) is 22.4 Å². The van der Waals surface area contributed by atoms with Crippen molar-refractivity contribution in [1.29, 1.82) is 0 Å². The van der Waals surface area contributed by atoms with Crippen molar-refractivity contribution in [2.75, 3.05) is 6.54 Å². The fourth-order valence-corrected chi connectivity index (χ4v) is 3.12.